The number of esters is 1. The van der Waals surface area contributed by atoms with Crippen LogP contribution in [0.15, 0.2) is 53.1 Å². The van der Waals surface area contributed by atoms with Crippen molar-refractivity contribution in [1.82, 2.24) is 9.97 Å². The Balaban J connectivity index is 1.79. The first kappa shape index (κ1) is 14.0. The van der Waals surface area contributed by atoms with Crippen LogP contribution in [0.3, 0.4) is 0 Å². The minimum atomic E-state index is -0.478. The van der Waals surface area contributed by atoms with E-state index >= 15 is 0 Å². The van der Waals surface area contributed by atoms with Crippen LogP contribution in [0.25, 0.3) is 11.5 Å². The molecule has 1 aromatic carbocycles. The first-order chi connectivity index (χ1) is 11.2. The fraction of sp³-hybridized carbons (Fsp3) is 0.118. The van der Waals surface area contributed by atoms with Gasteiger partial charge in [-0.3, -0.25) is 0 Å². The molecule has 0 aliphatic carbocycles. The van der Waals surface area contributed by atoms with Crippen LogP contribution in [-0.2, 0) is 11.2 Å². The number of hydrogen-bond acceptors (Lipinski definition) is 5. The van der Waals surface area contributed by atoms with Gasteiger partial charge >= 0.3 is 5.97 Å². The van der Waals surface area contributed by atoms with E-state index in [1.807, 2.05) is 30.3 Å². The largest absolute Gasteiger partial charge is 0.463 e. The maximum absolute atomic E-state index is 12.3. The van der Waals surface area contributed by atoms with Crippen molar-refractivity contribution in [2.45, 2.75) is 12.5 Å². The summed E-state index contributed by atoms with van der Waals surface area (Å²) in [5.41, 5.74) is 2.24. The summed E-state index contributed by atoms with van der Waals surface area (Å²) in [5, 5.41) is 0.0616. The Bertz CT molecular complexity index is 863. The zero-order valence-electron chi connectivity index (χ0n) is 11.9. The van der Waals surface area contributed by atoms with Crippen molar-refractivity contribution in [1.29, 1.82) is 0 Å². The highest BCUT2D eigenvalue weighted by molar-refractivity contribution is 6.28. The predicted molar refractivity (Wildman–Crippen MR) is 83.0 cm³/mol. The summed E-state index contributed by atoms with van der Waals surface area (Å²) in [6, 6.07) is 13.2. The van der Waals surface area contributed by atoms with Gasteiger partial charge < -0.3 is 9.15 Å². The second-order valence-electron chi connectivity index (χ2n) is 5.16. The molecule has 5 nitrogen and oxygen atoms in total. The molecule has 3 heterocycles. The normalized spacial score (nSPS) is 16.2. The van der Waals surface area contributed by atoms with Gasteiger partial charge in [-0.25, -0.2) is 14.8 Å². The Labute approximate surface area is 136 Å². The molecule has 0 amide bonds. The molecule has 0 fully saturated rings. The number of fused-ring (bicyclic) bond motifs is 1. The fourth-order valence-electron chi connectivity index (χ4n) is 2.69. The molecule has 4 rings (SSSR count). The summed E-state index contributed by atoms with van der Waals surface area (Å²) >= 11 is 6.03. The highest BCUT2D eigenvalue weighted by Crippen LogP contribution is 2.37. The van der Waals surface area contributed by atoms with Gasteiger partial charge in [0, 0.05) is 6.42 Å². The SMILES string of the molecule is O=C1O[C@H](Cc2ccccc2)c2nc(Cl)nc(-c3ccco3)c21. The lowest BCUT2D eigenvalue weighted by Gasteiger charge is -2.10. The number of furan rings is 1. The van der Waals surface area contributed by atoms with Crippen LogP contribution in [-0.4, -0.2) is 15.9 Å². The number of nitrogens with zero attached hydrogens (tertiary/aromatic N) is 2. The molecule has 0 radical (unpaired) electrons. The Morgan fingerprint density at radius 3 is 2.65 bits per heavy atom. The van der Waals surface area contributed by atoms with Gasteiger partial charge in [-0.2, -0.15) is 0 Å². The van der Waals surface area contributed by atoms with Crippen LogP contribution < -0.4 is 0 Å². The highest BCUT2D eigenvalue weighted by Gasteiger charge is 2.37. The molecule has 0 N–H and O–H groups in total. The maximum atomic E-state index is 12.3. The Morgan fingerprint density at radius 2 is 1.91 bits per heavy atom. The van der Waals surface area contributed by atoms with Crippen molar-refractivity contribution >= 4 is 17.6 Å². The van der Waals surface area contributed by atoms with Crippen LogP contribution in [0.4, 0.5) is 0 Å². The van der Waals surface area contributed by atoms with Crippen LogP contribution in [0.2, 0.25) is 5.28 Å². The molecule has 0 bridgehead atoms. The number of hydrogen-bond donors (Lipinski definition) is 0. The quantitative estimate of drug-likeness (QED) is 0.540. The summed E-state index contributed by atoms with van der Waals surface area (Å²) in [5.74, 6) is 0.00635. The smallest absolute Gasteiger partial charge is 0.343 e. The molecule has 1 aliphatic rings. The Morgan fingerprint density at radius 1 is 1.09 bits per heavy atom. The summed E-state index contributed by atoms with van der Waals surface area (Å²) in [6.07, 6.45) is 1.57. The molecule has 6 heteroatoms. The summed E-state index contributed by atoms with van der Waals surface area (Å²) in [4.78, 5) is 20.7. The lowest BCUT2D eigenvalue weighted by molar-refractivity contribution is 0.0382. The highest BCUT2D eigenvalue weighted by atomic mass is 35.5. The minimum Gasteiger partial charge on any atom is -0.463 e. The lowest BCUT2D eigenvalue weighted by Crippen LogP contribution is -2.04. The van der Waals surface area contributed by atoms with E-state index in [4.69, 9.17) is 20.8 Å². The van der Waals surface area contributed by atoms with Gasteiger partial charge in [0.25, 0.3) is 0 Å². The van der Waals surface area contributed by atoms with Gasteiger partial charge in [0.2, 0.25) is 5.28 Å². The van der Waals surface area contributed by atoms with E-state index in [1.54, 1.807) is 12.1 Å². The van der Waals surface area contributed by atoms with Crippen LogP contribution >= 0.6 is 11.6 Å². The fourth-order valence-corrected chi connectivity index (χ4v) is 2.86. The van der Waals surface area contributed by atoms with Crippen molar-refractivity contribution in [3.8, 4) is 11.5 Å². The third kappa shape index (κ3) is 2.49. The van der Waals surface area contributed by atoms with E-state index in [0.29, 0.717) is 29.1 Å². The zero-order valence-corrected chi connectivity index (χ0v) is 12.7. The van der Waals surface area contributed by atoms with Gasteiger partial charge in [-0.05, 0) is 29.3 Å². The van der Waals surface area contributed by atoms with Gasteiger partial charge in [-0.15, -0.1) is 0 Å². The van der Waals surface area contributed by atoms with Gasteiger partial charge in [0.15, 0.2) is 5.76 Å². The number of rotatable bonds is 3. The van der Waals surface area contributed by atoms with E-state index in [1.165, 1.54) is 6.26 Å². The van der Waals surface area contributed by atoms with Crippen LogP contribution in [0, 0.1) is 0 Å². The van der Waals surface area contributed by atoms with Crippen molar-refractivity contribution in [2.75, 3.05) is 0 Å². The van der Waals surface area contributed by atoms with E-state index < -0.39 is 12.1 Å². The third-order valence-electron chi connectivity index (χ3n) is 3.69. The third-order valence-corrected chi connectivity index (χ3v) is 3.86. The molecule has 0 unspecified atom stereocenters. The second-order valence-corrected chi connectivity index (χ2v) is 5.50. The van der Waals surface area contributed by atoms with E-state index in [-0.39, 0.29) is 5.28 Å². The van der Waals surface area contributed by atoms with Gasteiger partial charge in [0.05, 0.1) is 6.26 Å². The summed E-state index contributed by atoms with van der Waals surface area (Å²) in [7, 11) is 0. The standard InChI is InChI=1S/C17H11ClN2O3/c18-17-19-14(11-7-4-8-22-11)13-15(20-17)12(23-16(13)21)9-10-5-2-1-3-6-10/h1-8,12H,9H2/t12-/m1/s1. The number of benzene rings is 1. The van der Waals surface area contributed by atoms with E-state index in [0.717, 1.165) is 5.56 Å². The average Bonchev–Trinajstić information content (AvgIpc) is 3.17. The molecule has 0 saturated heterocycles. The molecule has 114 valence electrons. The number of halogens is 1. The van der Waals surface area contributed by atoms with Crippen LogP contribution in [0.1, 0.15) is 27.7 Å². The first-order valence-electron chi connectivity index (χ1n) is 7.08. The number of aromatic nitrogens is 2. The van der Waals surface area contributed by atoms with Gasteiger partial charge in [0.1, 0.15) is 23.1 Å². The second kappa shape index (κ2) is 5.52. The Hall–Kier alpha value is -2.66. The average molecular weight is 327 g/mol. The number of carbonyl (C=O) groups is 1. The molecular weight excluding hydrogens is 316 g/mol. The monoisotopic (exact) mass is 326 g/mol. The molecule has 0 spiro atoms. The number of cyclic esters (lactones) is 1. The van der Waals surface area contributed by atoms with Crippen LogP contribution in [0.5, 0.6) is 0 Å². The molecule has 1 atom stereocenters. The number of ether oxygens (including phenoxy) is 1. The van der Waals surface area contributed by atoms with Crippen molar-refractivity contribution < 1.29 is 13.9 Å². The molecule has 2 aromatic heterocycles. The molecule has 23 heavy (non-hydrogen) atoms. The number of carbonyl (C=O) groups excluding carboxylic acids is 1. The topological polar surface area (TPSA) is 65.2 Å². The molecule has 0 saturated carbocycles. The lowest BCUT2D eigenvalue weighted by atomic mass is 10.0. The summed E-state index contributed by atoms with van der Waals surface area (Å²) < 4.78 is 10.8. The van der Waals surface area contributed by atoms with E-state index in [9.17, 15) is 4.79 Å². The first-order valence-corrected chi connectivity index (χ1v) is 7.46. The molecule has 3 aromatic rings. The predicted octanol–water partition coefficient (Wildman–Crippen LogP) is 3.84. The zero-order chi connectivity index (χ0) is 15.8. The molecular formula is C17H11ClN2O3. The van der Waals surface area contributed by atoms with Crippen molar-refractivity contribution in [2.24, 2.45) is 0 Å². The molecule has 1 aliphatic heterocycles. The van der Waals surface area contributed by atoms with Gasteiger partial charge in [-0.1, -0.05) is 30.3 Å². The van der Waals surface area contributed by atoms with Crippen molar-refractivity contribution in [3.63, 3.8) is 0 Å². The van der Waals surface area contributed by atoms with Crippen molar-refractivity contribution in [3.05, 3.63) is 70.8 Å². The van der Waals surface area contributed by atoms with E-state index in [2.05, 4.69) is 9.97 Å². The maximum Gasteiger partial charge on any atom is 0.343 e. The summed E-state index contributed by atoms with van der Waals surface area (Å²) in [6.45, 7) is 0. The minimum absolute atomic E-state index is 0.0616. The Kier molecular flexibility index (Phi) is 3.35.